The zero-order valence-corrected chi connectivity index (χ0v) is 27.1. The van der Waals surface area contributed by atoms with Crippen LogP contribution in [0.15, 0.2) is 121 Å². The molecular formula is C39H38N4O6. The number of aromatic nitrogens is 1. The van der Waals surface area contributed by atoms with Gasteiger partial charge < -0.3 is 30.4 Å². The molecule has 3 amide bonds. The van der Waals surface area contributed by atoms with E-state index in [4.69, 9.17) is 9.47 Å². The molecule has 0 bridgehead atoms. The fourth-order valence-electron chi connectivity index (χ4n) is 5.76. The summed E-state index contributed by atoms with van der Waals surface area (Å²) in [7, 11) is 0. The van der Waals surface area contributed by atoms with Gasteiger partial charge in [-0.25, -0.2) is 4.79 Å². The standard InChI is InChI=1S/C39H38N4O6/c1-39(25-49-39)35(44)32(21-26-13-5-2-6-14-26)41-36(45)33(22-29-23-40-31-20-12-11-19-30(29)31)42-37(46)34(28-17-9-4-10-18-28)43-38(47)48-24-27-15-7-3-8-16-27/h2-20,23,32-34,40H,21-22,24-25H2,1H3,(H,41,45)(H,42,46)(H,43,47)/t32-,33-,34-,39+/m0/s1. The van der Waals surface area contributed by atoms with Gasteiger partial charge in [-0.2, -0.15) is 0 Å². The molecule has 1 aromatic heterocycles. The van der Waals surface area contributed by atoms with Crippen molar-refractivity contribution in [2.24, 2.45) is 0 Å². The molecule has 4 N–H and O–H groups in total. The number of carbonyl (C=O) groups excluding carboxylic acids is 4. The van der Waals surface area contributed by atoms with Gasteiger partial charge in [-0.1, -0.05) is 109 Å². The number of rotatable bonds is 14. The third-order valence-corrected chi connectivity index (χ3v) is 8.62. The van der Waals surface area contributed by atoms with E-state index in [1.54, 1.807) is 43.5 Å². The summed E-state index contributed by atoms with van der Waals surface area (Å²) in [5.41, 5.74) is 2.85. The minimum Gasteiger partial charge on any atom is -0.445 e. The van der Waals surface area contributed by atoms with Crippen LogP contribution in [0.4, 0.5) is 4.79 Å². The second-order valence-corrected chi connectivity index (χ2v) is 12.3. The SMILES string of the molecule is C[C@]1(C(=O)[C@H](Cc2ccccc2)NC(=O)[C@H](Cc2c[nH]c3ccccc23)NC(=O)[C@@H](NC(=O)OCc2ccccc2)c2ccccc2)CO1. The highest BCUT2D eigenvalue weighted by atomic mass is 16.6. The summed E-state index contributed by atoms with van der Waals surface area (Å²) in [6.45, 7) is 1.99. The van der Waals surface area contributed by atoms with Crippen LogP contribution < -0.4 is 16.0 Å². The summed E-state index contributed by atoms with van der Waals surface area (Å²) in [4.78, 5) is 58.1. The Hall–Kier alpha value is -5.74. The van der Waals surface area contributed by atoms with Crippen molar-refractivity contribution in [2.75, 3.05) is 6.61 Å². The van der Waals surface area contributed by atoms with Crippen LogP contribution in [0, 0.1) is 0 Å². The molecule has 250 valence electrons. The highest BCUT2D eigenvalue weighted by molar-refractivity contribution is 5.99. The van der Waals surface area contributed by atoms with E-state index in [-0.39, 0.29) is 31.8 Å². The number of nitrogens with one attached hydrogen (secondary N) is 4. The predicted molar refractivity (Wildman–Crippen MR) is 184 cm³/mol. The van der Waals surface area contributed by atoms with Crippen LogP contribution in [0.1, 0.15) is 35.2 Å². The number of aromatic amines is 1. The maximum atomic E-state index is 14.2. The monoisotopic (exact) mass is 658 g/mol. The molecule has 0 aliphatic carbocycles. The van der Waals surface area contributed by atoms with Gasteiger partial charge in [-0.05, 0) is 41.7 Å². The van der Waals surface area contributed by atoms with Gasteiger partial charge in [0.05, 0.1) is 12.6 Å². The lowest BCUT2D eigenvalue weighted by Gasteiger charge is -2.26. The molecule has 10 nitrogen and oxygen atoms in total. The van der Waals surface area contributed by atoms with Crippen LogP contribution in [0.5, 0.6) is 0 Å². The Kier molecular flexibility index (Phi) is 10.2. The molecular weight excluding hydrogens is 620 g/mol. The van der Waals surface area contributed by atoms with Crippen molar-refractivity contribution < 1.29 is 28.7 Å². The van der Waals surface area contributed by atoms with E-state index >= 15 is 0 Å². The van der Waals surface area contributed by atoms with E-state index < -0.39 is 41.6 Å². The van der Waals surface area contributed by atoms with Crippen LogP contribution >= 0.6 is 0 Å². The summed E-state index contributed by atoms with van der Waals surface area (Å²) >= 11 is 0. The molecule has 1 saturated heterocycles. The number of ether oxygens (including phenoxy) is 2. The smallest absolute Gasteiger partial charge is 0.408 e. The first kappa shape index (κ1) is 33.2. The molecule has 6 rings (SSSR count). The normalized spacial score (nSPS) is 16.9. The Bertz CT molecular complexity index is 1910. The van der Waals surface area contributed by atoms with Gasteiger partial charge in [-0.3, -0.25) is 14.4 Å². The molecule has 1 aliphatic heterocycles. The fourth-order valence-corrected chi connectivity index (χ4v) is 5.76. The number of amides is 3. The first-order chi connectivity index (χ1) is 23.8. The van der Waals surface area contributed by atoms with E-state index in [1.165, 1.54) is 0 Å². The zero-order chi connectivity index (χ0) is 34.2. The fraction of sp³-hybridized carbons (Fsp3) is 0.231. The van der Waals surface area contributed by atoms with E-state index in [0.29, 0.717) is 5.56 Å². The van der Waals surface area contributed by atoms with Crippen molar-refractivity contribution in [3.05, 3.63) is 144 Å². The molecule has 0 radical (unpaired) electrons. The Labute approximate surface area is 284 Å². The molecule has 0 saturated carbocycles. The van der Waals surface area contributed by atoms with Crippen LogP contribution in [0.2, 0.25) is 0 Å². The Morgan fingerprint density at radius 1 is 0.735 bits per heavy atom. The molecule has 0 unspecified atom stereocenters. The summed E-state index contributed by atoms with van der Waals surface area (Å²) < 4.78 is 10.9. The second kappa shape index (κ2) is 15.0. The van der Waals surface area contributed by atoms with E-state index in [2.05, 4.69) is 20.9 Å². The first-order valence-corrected chi connectivity index (χ1v) is 16.2. The maximum Gasteiger partial charge on any atom is 0.408 e. The summed E-state index contributed by atoms with van der Waals surface area (Å²) in [5.74, 6) is -1.41. The van der Waals surface area contributed by atoms with Crippen LogP contribution in [-0.4, -0.2) is 53.0 Å². The number of para-hydroxylation sites is 1. The Balaban J connectivity index is 1.26. The first-order valence-electron chi connectivity index (χ1n) is 16.2. The van der Waals surface area contributed by atoms with Gasteiger partial charge in [0.25, 0.3) is 0 Å². The van der Waals surface area contributed by atoms with E-state index in [0.717, 1.165) is 27.6 Å². The van der Waals surface area contributed by atoms with E-state index in [1.807, 2.05) is 84.9 Å². The number of fused-ring (bicyclic) bond motifs is 1. The quantitative estimate of drug-likeness (QED) is 0.125. The molecule has 1 fully saturated rings. The number of benzene rings is 4. The summed E-state index contributed by atoms with van der Waals surface area (Å²) in [6.07, 6.45) is 1.37. The van der Waals surface area contributed by atoms with Crippen molar-refractivity contribution in [2.45, 2.75) is 50.1 Å². The van der Waals surface area contributed by atoms with Crippen molar-refractivity contribution >= 4 is 34.6 Å². The van der Waals surface area contributed by atoms with Crippen LogP contribution in [0.3, 0.4) is 0 Å². The molecule has 4 aromatic carbocycles. The number of H-pyrrole nitrogens is 1. The van der Waals surface area contributed by atoms with Crippen molar-refractivity contribution in [1.29, 1.82) is 0 Å². The van der Waals surface area contributed by atoms with Gasteiger partial charge in [0.2, 0.25) is 11.8 Å². The van der Waals surface area contributed by atoms with Crippen molar-refractivity contribution in [3.63, 3.8) is 0 Å². The number of hydrogen-bond acceptors (Lipinski definition) is 6. The molecule has 0 spiro atoms. The van der Waals surface area contributed by atoms with Gasteiger partial charge in [0.15, 0.2) is 5.78 Å². The Morgan fingerprint density at radius 2 is 1.33 bits per heavy atom. The lowest BCUT2D eigenvalue weighted by molar-refractivity contribution is -0.133. The van der Waals surface area contributed by atoms with Crippen molar-refractivity contribution in [1.82, 2.24) is 20.9 Å². The van der Waals surface area contributed by atoms with Crippen LogP contribution in [0.25, 0.3) is 10.9 Å². The maximum absolute atomic E-state index is 14.2. The number of carbonyl (C=O) groups is 4. The summed E-state index contributed by atoms with van der Waals surface area (Å²) in [5, 5.41) is 9.38. The number of epoxide rings is 1. The average molecular weight is 659 g/mol. The molecule has 2 heterocycles. The number of alkyl carbamates (subject to hydrolysis) is 1. The Morgan fingerprint density at radius 3 is 2.00 bits per heavy atom. The molecule has 10 heteroatoms. The minimum atomic E-state index is -1.18. The molecule has 49 heavy (non-hydrogen) atoms. The van der Waals surface area contributed by atoms with Crippen LogP contribution in [-0.2, 0) is 43.3 Å². The third kappa shape index (κ3) is 8.41. The minimum absolute atomic E-state index is 0.0147. The zero-order valence-electron chi connectivity index (χ0n) is 27.1. The number of hydrogen-bond donors (Lipinski definition) is 4. The molecule has 1 aliphatic rings. The lowest BCUT2D eigenvalue weighted by atomic mass is 9.94. The van der Waals surface area contributed by atoms with Gasteiger partial charge in [0, 0.05) is 23.5 Å². The van der Waals surface area contributed by atoms with Gasteiger partial charge in [0.1, 0.15) is 24.3 Å². The predicted octanol–water partition coefficient (Wildman–Crippen LogP) is 4.95. The van der Waals surface area contributed by atoms with Gasteiger partial charge >= 0.3 is 6.09 Å². The largest absolute Gasteiger partial charge is 0.445 e. The van der Waals surface area contributed by atoms with E-state index in [9.17, 15) is 19.2 Å². The topological polar surface area (TPSA) is 142 Å². The van der Waals surface area contributed by atoms with Gasteiger partial charge in [-0.15, -0.1) is 0 Å². The second-order valence-electron chi connectivity index (χ2n) is 12.3. The van der Waals surface area contributed by atoms with Crippen molar-refractivity contribution in [3.8, 4) is 0 Å². The highest BCUT2D eigenvalue weighted by Gasteiger charge is 2.50. The number of Topliss-reactive ketones (excluding diaryl/α,β-unsaturated/α-hetero) is 1. The number of ketones is 1. The molecule has 4 atom stereocenters. The summed E-state index contributed by atoms with van der Waals surface area (Å²) in [6, 6.07) is 31.8. The third-order valence-electron chi connectivity index (χ3n) is 8.62. The molecule has 5 aromatic rings. The lowest BCUT2D eigenvalue weighted by Crippen LogP contribution is -2.56. The average Bonchev–Trinajstić information content (AvgIpc) is 3.76. The highest BCUT2D eigenvalue weighted by Crippen LogP contribution is 2.29.